The molecule has 1 saturated heterocycles. The average Bonchev–Trinajstić information content (AvgIpc) is 2.53. The second kappa shape index (κ2) is 6.61. The van der Waals surface area contributed by atoms with Gasteiger partial charge in [-0.05, 0) is 19.1 Å². The Hall–Kier alpha value is -1.75. The maximum atomic E-state index is 11.7. The van der Waals surface area contributed by atoms with E-state index in [-0.39, 0.29) is 11.9 Å². The Labute approximate surface area is 120 Å². The van der Waals surface area contributed by atoms with E-state index in [0.717, 1.165) is 31.9 Å². The summed E-state index contributed by atoms with van der Waals surface area (Å²) in [6, 6.07) is 8.05. The third-order valence-corrected chi connectivity index (χ3v) is 3.91. The molecule has 1 fully saturated rings. The van der Waals surface area contributed by atoms with Crippen LogP contribution in [0.4, 0.5) is 5.69 Å². The van der Waals surface area contributed by atoms with E-state index in [4.69, 9.17) is 4.74 Å². The molecule has 1 aromatic rings. The summed E-state index contributed by atoms with van der Waals surface area (Å²) in [6.45, 7) is 5.60. The first-order valence-electron chi connectivity index (χ1n) is 7.00. The van der Waals surface area contributed by atoms with Crippen LogP contribution in [0.25, 0.3) is 0 Å². The number of carbonyl (C=O) groups is 1. The van der Waals surface area contributed by atoms with Gasteiger partial charge in [0.25, 0.3) is 0 Å². The topological polar surface area (TPSA) is 44.8 Å². The van der Waals surface area contributed by atoms with Crippen LogP contribution in [0.15, 0.2) is 24.3 Å². The van der Waals surface area contributed by atoms with Crippen LogP contribution in [0.5, 0.6) is 5.75 Å². The fourth-order valence-corrected chi connectivity index (χ4v) is 2.55. The van der Waals surface area contributed by atoms with E-state index < -0.39 is 0 Å². The van der Waals surface area contributed by atoms with Crippen molar-refractivity contribution in [2.75, 3.05) is 45.2 Å². The number of rotatable bonds is 4. The molecule has 20 heavy (non-hydrogen) atoms. The van der Waals surface area contributed by atoms with Crippen molar-refractivity contribution in [3.63, 3.8) is 0 Å². The summed E-state index contributed by atoms with van der Waals surface area (Å²) < 4.78 is 5.26. The predicted molar refractivity (Wildman–Crippen MR) is 80.3 cm³/mol. The zero-order valence-corrected chi connectivity index (χ0v) is 12.4. The number of amides is 1. The minimum absolute atomic E-state index is 0.0625. The van der Waals surface area contributed by atoms with E-state index in [1.807, 2.05) is 19.1 Å². The summed E-state index contributed by atoms with van der Waals surface area (Å²) in [5, 5.41) is 2.71. The van der Waals surface area contributed by atoms with Gasteiger partial charge < -0.3 is 15.0 Å². The molecule has 1 amide bonds. The van der Waals surface area contributed by atoms with Crippen LogP contribution in [-0.2, 0) is 4.79 Å². The second-order valence-electron chi connectivity index (χ2n) is 5.01. The largest absolute Gasteiger partial charge is 0.497 e. The second-order valence-corrected chi connectivity index (χ2v) is 5.01. The van der Waals surface area contributed by atoms with Gasteiger partial charge in [-0.1, -0.05) is 6.07 Å². The Bertz CT molecular complexity index is 456. The van der Waals surface area contributed by atoms with E-state index in [9.17, 15) is 4.79 Å². The molecule has 1 aromatic carbocycles. The molecule has 1 atom stereocenters. The fraction of sp³-hybridized carbons (Fsp3) is 0.533. The highest BCUT2D eigenvalue weighted by molar-refractivity contribution is 5.81. The van der Waals surface area contributed by atoms with Crippen molar-refractivity contribution >= 4 is 11.6 Å². The molecule has 110 valence electrons. The maximum Gasteiger partial charge on any atom is 0.236 e. The SMILES string of the molecule is CNC(=O)[C@H](C)N1CCN(c2cccc(OC)c2)CC1. The molecule has 1 aliphatic heterocycles. The highest BCUT2D eigenvalue weighted by Crippen LogP contribution is 2.22. The van der Waals surface area contributed by atoms with E-state index >= 15 is 0 Å². The molecule has 0 spiro atoms. The summed E-state index contributed by atoms with van der Waals surface area (Å²) in [5.74, 6) is 0.962. The average molecular weight is 277 g/mol. The molecular weight excluding hydrogens is 254 g/mol. The molecule has 0 saturated carbocycles. The normalized spacial score (nSPS) is 17.6. The molecule has 5 heteroatoms. The number of methoxy groups -OCH3 is 1. The number of benzene rings is 1. The molecule has 1 heterocycles. The third-order valence-electron chi connectivity index (χ3n) is 3.91. The summed E-state index contributed by atoms with van der Waals surface area (Å²) in [5.41, 5.74) is 1.18. The first-order chi connectivity index (χ1) is 9.65. The first kappa shape index (κ1) is 14.7. The summed E-state index contributed by atoms with van der Waals surface area (Å²) in [6.07, 6.45) is 0. The Morgan fingerprint density at radius 1 is 1.30 bits per heavy atom. The summed E-state index contributed by atoms with van der Waals surface area (Å²) in [4.78, 5) is 16.2. The predicted octanol–water partition coefficient (Wildman–Crippen LogP) is 0.952. The van der Waals surface area contributed by atoms with Gasteiger partial charge in [0.05, 0.1) is 13.2 Å². The minimum atomic E-state index is -0.0625. The molecule has 1 aliphatic rings. The Morgan fingerprint density at radius 2 is 2.00 bits per heavy atom. The van der Waals surface area contributed by atoms with Crippen LogP contribution in [0.2, 0.25) is 0 Å². The molecule has 5 nitrogen and oxygen atoms in total. The number of carbonyl (C=O) groups excluding carboxylic acids is 1. The number of likely N-dealkylation sites (N-methyl/N-ethyl adjacent to an activating group) is 1. The van der Waals surface area contributed by atoms with Gasteiger partial charge in [-0.2, -0.15) is 0 Å². The molecule has 0 bridgehead atoms. The quantitative estimate of drug-likeness (QED) is 0.890. The van der Waals surface area contributed by atoms with E-state index in [0.29, 0.717) is 0 Å². The number of hydrogen-bond acceptors (Lipinski definition) is 4. The Balaban J connectivity index is 1.95. The van der Waals surface area contributed by atoms with Gasteiger partial charge in [0.2, 0.25) is 5.91 Å². The van der Waals surface area contributed by atoms with Gasteiger partial charge in [-0.3, -0.25) is 9.69 Å². The third kappa shape index (κ3) is 3.22. The standard InChI is InChI=1S/C15H23N3O2/c1-12(15(19)16-2)17-7-9-18(10-8-17)13-5-4-6-14(11-13)20-3/h4-6,11-12H,7-10H2,1-3H3,(H,16,19)/t12-/m0/s1. The minimum Gasteiger partial charge on any atom is -0.497 e. The Morgan fingerprint density at radius 3 is 2.60 bits per heavy atom. The molecule has 1 N–H and O–H groups in total. The van der Waals surface area contributed by atoms with Crippen molar-refractivity contribution in [2.24, 2.45) is 0 Å². The number of anilines is 1. The van der Waals surface area contributed by atoms with Crippen LogP contribution in [0, 0.1) is 0 Å². The van der Waals surface area contributed by atoms with Crippen molar-refractivity contribution in [2.45, 2.75) is 13.0 Å². The van der Waals surface area contributed by atoms with Crippen molar-refractivity contribution in [1.82, 2.24) is 10.2 Å². The molecule has 2 rings (SSSR count). The Kier molecular flexibility index (Phi) is 4.84. The lowest BCUT2D eigenvalue weighted by molar-refractivity contribution is -0.125. The van der Waals surface area contributed by atoms with Crippen molar-refractivity contribution in [1.29, 1.82) is 0 Å². The van der Waals surface area contributed by atoms with Crippen molar-refractivity contribution < 1.29 is 9.53 Å². The lowest BCUT2D eigenvalue weighted by Gasteiger charge is -2.38. The van der Waals surface area contributed by atoms with Gasteiger partial charge in [0, 0.05) is 45.0 Å². The van der Waals surface area contributed by atoms with E-state index in [1.165, 1.54) is 5.69 Å². The lowest BCUT2D eigenvalue weighted by Crippen LogP contribution is -2.53. The van der Waals surface area contributed by atoms with Gasteiger partial charge in [-0.25, -0.2) is 0 Å². The molecule has 0 aliphatic carbocycles. The monoisotopic (exact) mass is 277 g/mol. The van der Waals surface area contributed by atoms with Crippen LogP contribution < -0.4 is 15.0 Å². The number of nitrogens with one attached hydrogen (secondary N) is 1. The smallest absolute Gasteiger partial charge is 0.236 e. The molecule has 0 radical (unpaired) electrons. The van der Waals surface area contributed by atoms with Gasteiger partial charge in [-0.15, -0.1) is 0 Å². The van der Waals surface area contributed by atoms with Crippen LogP contribution in [-0.4, -0.2) is 57.2 Å². The van der Waals surface area contributed by atoms with Crippen LogP contribution >= 0.6 is 0 Å². The van der Waals surface area contributed by atoms with Crippen molar-refractivity contribution in [3.05, 3.63) is 24.3 Å². The number of piperazine rings is 1. The summed E-state index contributed by atoms with van der Waals surface area (Å²) in [7, 11) is 3.37. The molecule has 0 unspecified atom stereocenters. The lowest BCUT2D eigenvalue weighted by atomic mass is 10.2. The van der Waals surface area contributed by atoms with Crippen LogP contribution in [0.3, 0.4) is 0 Å². The number of hydrogen-bond donors (Lipinski definition) is 1. The molecule has 0 aromatic heterocycles. The highest BCUT2D eigenvalue weighted by Gasteiger charge is 2.24. The number of nitrogens with zero attached hydrogens (tertiary/aromatic N) is 2. The maximum absolute atomic E-state index is 11.7. The van der Waals surface area contributed by atoms with Crippen molar-refractivity contribution in [3.8, 4) is 5.75 Å². The number of ether oxygens (including phenoxy) is 1. The van der Waals surface area contributed by atoms with E-state index in [2.05, 4.69) is 27.2 Å². The summed E-state index contributed by atoms with van der Waals surface area (Å²) >= 11 is 0. The highest BCUT2D eigenvalue weighted by atomic mass is 16.5. The first-order valence-corrected chi connectivity index (χ1v) is 7.00. The zero-order valence-electron chi connectivity index (χ0n) is 12.4. The fourth-order valence-electron chi connectivity index (χ4n) is 2.55. The van der Waals surface area contributed by atoms with E-state index in [1.54, 1.807) is 14.2 Å². The zero-order chi connectivity index (χ0) is 14.5. The van der Waals surface area contributed by atoms with Gasteiger partial charge in [0.15, 0.2) is 0 Å². The van der Waals surface area contributed by atoms with Crippen LogP contribution in [0.1, 0.15) is 6.92 Å². The van der Waals surface area contributed by atoms with Gasteiger partial charge >= 0.3 is 0 Å². The van der Waals surface area contributed by atoms with Gasteiger partial charge in [0.1, 0.15) is 5.75 Å². The molecular formula is C15H23N3O2.